The van der Waals surface area contributed by atoms with Crippen LogP contribution in [0.2, 0.25) is 0 Å². The normalized spacial score (nSPS) is 26.4. The molecule has 0 radical (unpaired) electrons. The van der Waals surface area contributed by atoms with E-state index in [-0.39, 0.29) is 30.6 Å². The molecule has 1 saturated carbocycles. The fourth-order valence-corrected chi connectivity index (χ4v) is 2.75. The van der Waals surface area contributed by atoms with Crippen molar-refractivity contribution in [1.29, 1.82) is 0 Å². The summed E-state index contributed by atoms with van der Waals surface area (Å²) in [5.74, 6) is 0.0719. The van der Waals surface area contributed by atoms with Crippen molar-refractivity contribution in [2.75, 3.05) is 25.1 Å². The lowest BCUT2D eigenvalue weighted by molar-refractivity contribution is -0.0498. The molecule has 2 unspecified atom stereocenters. The fourth-order valence-electron chi connectivity index (χ4n) is 2.22. The van der Waals surface area contributed by atoms with Crippen molar-refractivity contribution >= 4 is 22.5 Å². The van der Waals surface area contributed by atoms with Crippen LogP contribution in [-0.2, 0) is 0 Å². The maximum absolute atomic E-state index is 11.6. The van der Waals surface area contributed by atoms with Gasteiger partial charge in [0.05, 0.1) is 6.61 Å². The average molecular weight is 271 g/mol. The van der Waals surface area contributed by atoms with Crippen LogP contribution in [0.25, 0.3) is 0 Å². The van der Waals surface area contributed by atoms with Gasteiger partial charge in [0, 0.05) is 30.1 Å². The van der Waals surface area contributed by atoms with Gasteiger partial charge in [0.1, 0.15) is 0 Å². The molecule has 18 heavy (non-hydrogen) atoms. The molecule has 2 rings (SSSR count). The van der Waals surface area contributed by atoms with Crippen molar-refractivity contribution in [3.05, 3.63) is 11.6 Å². The van der Waals surface area contributed by atoms with Crippen LogP contribution >= 0.6 is 11.3 Å². The summed E-state index contributed by atoms with van der Waals surface area (Å²) in [5, 5.41) is 26.2. The number of carbonyl (C=O) groups excluding carboxylic acids is 1. The number of nitrogens with zero attached hydrogens (tertiary/aromatic N) is 1. The lowest BCUT2D eigenvalue weighted by atomic mass is 9.60. The highest BCUT2D eigenvalue weighted by molar-refractivity contribution is 7.13. The molecule has 6 nitrogen and oxygen atoms in total. The Bertz CT molecular complexity index is 392. The Morgan fingerprint density at radius 3 is 2.94 bits per heavy atom. The Morgan fingerprint density at radius 1 is 1.61 bits per heavy atom. The number of hydrogen-bond donors (Lipinski definition) is 4. The molecule has 2 amide bonds. The molecule has 1 aliphatic rings. The van der Waals surface area contributed by atoms with Gasteiger partial charge in [-0.25, -0.2) is 9.78 Å². The first kappa shape index (κ1) is 13.3. The topological polar surface area (TPSA) is 94.5 Å². The van der Waals surface area contributed by atoms with E-state index < -0.39 is 0 Å². The predicted molar refractivity (Wildman–Crippen MR) is 68.5 cm³/mol. The number of anilines is 1. The molecule has 0 spiro atoms. The monoisotopic (exact) mass is 271 g/mol. The molecule has 1 heterocycles. The van der Waals surface area contributed by atoms with E-state index in [1.807, 2.05) is 0 Å². The highest BCUT2D eigenvalue weighted by atomic mass is 32.1. The summed E-state index contributed by atoms with van der Waals surface area (Å²) < 4.78 is 0. The van der Waals surface area contributed by atoms with Crippen LogP contribution in [0.15, 0.2) is 11.6 Å². The van der Waals surface area contributed by atoms with Crippen molar-refractivity contribution in [3.8, 4) is 0 Å². The summed E-state index contributed by atoms with van der Waals surface area (Å²) in [6.45, 7) is 0.401. The molecule has 0 bridgehead atoms. The Labute approximate surface area is 109 Å². The van der Waals surface area contributed by atoms with E-state index in [1.165, 1.54) is 11.3 Å². The van der Waals surface area contributed by atoms with Crippen molar-refractivity contribution < 1.29 is 15.0 Å². The van der Waals surface area contributed by atoms with Crippen LogP contribution in [0.1, 0.15) is 12.8 Å². The average Bonchev–Trinajstić information content (AvgIpc) is 2.82. The van der Waals surface area contributed by atoms with E-state index in [2.05, 4.69) is 15.6 Å². The number of thiazole rings is 1. The van der Waals surface area contributed by atoms with E-state index in [0.717, 1.165) is 12.8 Å². The molecule has 2 atom stereocenters. The molecular formula is C11H17N3O3S. The Balaban J connectivity index is 1.81. The number of aromatic nitrogens is 1. The molecule has 4 N–H and O–H groups in total. The predicted octanol–water partition coefficient (Wildman–Crippen LogP) is 0.646. The maximum Gasteiger partial charge on any atom is 0.321 e. The zero-order valence-corrected chi connectivity index (χ0v) is 10.7. The Kier molecular flexibility index (Phi) is 4.15. The number of aliphatic hydroxyl groups is 2. The molecule has 1 fully saturated rings. The number of amides is 2. The Morgan fingerprint density at radius 2 is 2.44 bits per heavy atom. The Hall–Kier alpha value is -1.18. The number of rotatable bonds is 5. The summed E-state index contributed by atoms with van der Waals surface area (Å²) in [5.41, 5.74) is -0.366. The molecule has 1 aromatic heterocycles. The third-order valence-corrected chi connectivity index (χ3v) is 4.33. The lowest BCUT2D eigenvalue weighted by Gasteiger charge is -2.47. The van der Waals surface area contributed by atoms with E-state index in [4.69, 9.17) is 0 Å². The first-order valence-electron chi connectivity index (χ1n) is 5.86. The van der Waals surface area contributed by atoms with Gasteiger partial charge >= 0.3 is 6.03 Å². The zero-order chi connectivity index (χ0) is 13.0. The summed E-state index contributed by atoms with van der Waals surface area (Å²) in [4.78, 5) is 15.6. The van der Waals surface area contributed by atoms with Gasteiger partial charge in [-0.3, -0.25) is 5.32 Å². The number of nitrogens with one attached hydrogen (secondary N) is 2. The highest BCUT2D eigenvalue weighted by Crippen LogP contribution is 2.45. The summed E-state index contributed by atoms with van der Waals surface area (Å²) in [6, 6.07) is -0.332. The molecule has 1 aliphatic carbocycles. The third kappa shape index (κ3) is 2.63. The molecule has 0 saturated heterocycles. The van der Waals surface area contributed by atoms with Crippen LogP contribution in [-0.4, -0.2) is 41.0 Å². The zero-order valence-electron chi connectivity index (χ0n) is 9.93. The number of aliphatic hydroxyl groups excluding tert-OH is 2. The van der Waals surface area contributed by atoms with Crippen LogP contribution in [0.4, 0.5) is 9.93 Å². The van der Waals surface area contributed by atoms with Gasteiger partial charge in [0.25, 0.3) is 0 Å². The van der Waals surface area contributed by atoms with Crippen LogP contribution in [0, 0.1) is 11.3 Å². The van der Waals surface area contributed by atoms with E-state index in [1.54, 1.807) is 11.6 Å². The highest BCUT2D eigenvalue weighted by Gasteiger charge is 2.45. The smallest absolute Gasteiger partial charge is 0.321 e. The van der Waals surface area contributed by atoms with E-state index in [0.29, 0.717) is 11.7 Å². The van der Waals surface area contributed by atoms with Gasteiger partial charge in [0.15, 0.2) is 5.13 Å². The van der Waals surface area contributed by atoms with Gasteiger partial charge < -0.3 is 15.5 Å². The minimum Gasteiger partial charge on any atom is -0.396 e. The number of hydrogen-bond acceptors (Lipinski definition) is 5. The molecule has 0 aromatic carbocycles. The molecule has 7 heteroatoms. The second-order valence-electron chi connectivity index (χ2n) is 4.58. The fraction of sp³-hybridized carbons (Fsp3) is 0.636. The van der Waals surface area contributed by atoms with Crippen LogP contribution in [0.3, 0.4) is 0 Å². The minimum absolute atomic E-state index is 0.0181. The standard InChI is InChI=1S/C11H17N3O3S/c15-5-8-1-2-11(8,7-16)6-13-9(17)14-10-12-3-4-18-10/h3-4,8,15-16H,1-2,5-7H2,(H2,12,13,14,17). The molecule has 1 aromatic rings. The van der Waals surface area contributed by atoms with Crippen molar-refractivity contribution in [1.82, 2.24) is 10.3 Å². The maximum atomic E-state index is 11.6. The van der Waals surface area contributed by atoms with Crippen LogP contribution in [0.5, 0.6) is 0 Å². The SMILES string of the molecule is O=C(NCC1(CO)CCC1CO)Nc1nccs1. The van der Waals surface area contributed by atoms with Crippen molar-refractivity contribution in [3.63, 3.8) is 0 Å². The van der Waals surface area contributed by atoms with Gasteiger partial charge in [-0.15, -0.1) is 11.3 Å². The largest absolute Gasteiger partial charge is 0.396 e. The van der Waals surface area contributed by atoms with E-state index >= 15 is 0 Å². The van der Waals surface area contributed by atoms with Gasteiger partial charge in [0.2, 0.25) is 0 Å². The van der Waals surface area contributed by atoms with E-state index in [9.17, 15) is 15.0 Å². The van der Waals surface area contributed by atoms with Gasteiger partial charge in [-0.05, 0) is 18.8 Å². The first-order chi connectivity index (χ1) is 8.70. The molecular weight excluding hydrogens is 254 g/mol. The number of urea groups is 1. The first-order valence-corrected chi connectivity index (χ1v) is 6.74. The molecule has 100 valence electrons. The van der Waals surface area contributed by atoms with Crippen LogP contribution < -0.4 is 10.6 Å². The summed E-state index contributed by atoms with van der Waals surface area (Å²) >= 11 is 1.34. The van der Waals surface area contributed by atoms with Crippen molar-refractivity contribution in [2.45, 2.75) is 12.8 Å². The summed E-state index contributed by atoms with van der Waals surface area (Å²) in [7, 11) is 0. The molecule has 0 aliphatic heterocycles. The van der Waals surface area contributed by atoms with Crippen molar-refractivity contribution in [2.24, 2.45) is 11.3 Å². The van der Waals surface area contributed by atoms with Gasteiger partial charge in [-0.2, -0.15) is 0 Å². The minimum atomic E-state index is -0.366. The second-order valence-corrected chi connectivity index (χ2v) is 5.48. The third-order valence-electron chi connectivity index (χ3n) is 3.65. The lowest BCUT2D eigenvalue weighted by Crippen LogP contribution is -2.53. The second kappa shape index (κ2) is 5.64. The number of carbonyl (C=O) groups is 1. The quantitative estimate of drug-likeness (QED) is 0.632. The van der Waals surface area contributed by atoms with Gasteiger partial charge in [-0.1, -0.05) is 0 Å². The summed E-state index contributed by atoms with van der Waals surface area (Å²) in [6.07, 6.45) is 3.34.